The average Bonchev–Trinajstić information content (AvgIpc) is 2.46. The van der Waals surface area contributed by atoms with E-state index in [4.69, 9.17) is 14.9 Å². The molecule has 1 aliphatic carbocycles. The Bertz CT molecular complexity index is 324. The van der Waals surface area contributed by atoms with Crippen molar-refractivity contribution in [1.29, 1.82) is 0 Å². The van der Waals surface area contributed by atoms with Crippen LogP contribution < -0.4 is 0 Å². The Morgan fingerprint density at radius 2 is 2.00 bits per heavy atom. The van der Waals surface area contributed by atoms with E-state index in [-0.39, 0.29) is 17.9 Å². The third-order valence-corrected chi connectivity index (χ3v) is 1.74. The van der Waals surface area contributed by atoms with Crippen molar-refractivity contribution in [2.75, 3.05) is 6.61 Å². The SMILES string of the molecule is CC.CCOC(=O)C1=CCC(O)=C(O)C=C1. The molecule has 0 saturated carbocycles. The second kappa shape index (κ2) is 7.56. The van der Waals surface area contributed by atoms with Crippen LogP contribution in [0.1, 0.15) is 27.2 Å². The van der Waals surface area contributed by atoms with Crippen molar-refractivity contribution < 1.29 is 19.7 Å². The summed E-state index contributed by atoms with van der Waals surface area (Å²) in [6.45, 7) is 6.02. The third-order valence-electron chi connectivity index (χ3n) is 1.74. The van der Waals surface area contributed by atoms with Gasteiger partial charge in [0.25, 0.3) is 0 Å². The highest BCUT2D eigenvalue weighted by Crippen LogP contribution is 2.14. The van der Waals surface area contributed by atoms with Crippen LogP contribution in [0.15, 0.2) is 35.3 Å². The second-order valence-electron chi connectivity index (χ2n) is 2.75. The van der Waals surface area contributed by atoms with E-state index in [1.165, 1.54) is 18.2 Å². The van der Waals surface area contributed by atoms with Crippen LogP contribution >= 0.6 is 0 Å². The number of aliphatic hydroxyl groups excluding tert-OH is 2. The highest BCUT2D eigenvalue weighted by atomic mass is 16.5. The number of rotatable bonds is 2. The Hall–Kier alpha value is -1.71. The lowest BCUT2D eigenvalue weighted by atomic mass is 10.2. The molecule has 0 radical (unpaired) electrons. The fourth-order valence-corrected chi connectivity index (χ4v) is 1.01. The van der Waals surface area contributed by atoms with E-state index in [1.54, 1.807) is 6.92 Å². The first-order chi connectivity index (χ1) is 7.65. The number of allylic oxidation sites excluding steroid dienone is 2. The molecule has 0 amide bonds. The van der Waals surface area contributed by atoms with Crippen LogP contribution in [0.25, 0.3) is 0 Å². The van der Waals surface area contributed by atoms with Crippen molar-refractivity contribution in [2.24, 2.45) is 0 Å². The van der Waals surface area contributed by atoms with Crippen molar-refractivity contribution in [2.45, 2.75) is 27.2 Å². The van der Waals surface area contributed by atoms with Gasteiger partial charge >= 0.3 is 5.97 Å². The summed E-state index contributed by atoms with van der Waals surface area (Å²) in [6.07, 6.45) is 4.32. The molecule has 1 aliphatic rings. The van der Waals surface area contributed by atoms with Gasteiger partial charge in [-0.15, -0.1) is 0 Å². The monoisotopic (exact) mass is 226 g/mol. The van der Waals surface area contributed by atoms with E-state index in [1.807, 2.05) is 13.8 Å². The van der Waals surface area contributed by atoms with Gasteiger partial charge in [0.15, 0.2) is 5.76 Å². The summed E-state index contributed by atoms with van der Waals surface area (Å²) in [6, 6.07) is 0. The Morgan fingerprint density at radius 1 is 1.38 bits per heavy atom. The minimum atomic E-state index is -0.453. The van der Waals surface area contributed by atoms with E-state index in [0.717, 1.165) is 0 Å². The molecule has 4 heteroatoms. The number of carbonyl (C=O) groups is 1. The molecular weight excluding hydrogens is 208 g/mol. The fraction of sp³-hybridized carbons (Fsp3) is 0.417. The molecule has 0 unspecified atom stereocenters. The Morgan fingerprint density at radius 3 is 2.56 bits per heavy atom. The number of hydrogen-bond acceptors (Lipinski definition) is 4. The topological polar surface area (TPSA) is 66.8 Å². The summed E-state index contributed by atoms with van der Waals surface area (Å²) in [5, 5.41) is 18.3. The van der Waals surface area contributed by atoms with Crippen molar-refractivity contribution in [3.8, 4) is 0 Å². The standard InChI is InChI=1S/C10H12O4.C2H6/c1-2-14-10(13)7-3-5-8(11)9(12)6-4-7;1-2/h3-5,11-12H,2,6H2,1H3;1-2H3. The molecule has 2 N–H and O–H groups in total. The van der Waals surface area contributed by atoms with Crippen LogP contribution in [-0.4, -0.2) is 22.8 Å². The molecule has 1 rings (SSSR count). The van der Waals surface area contributed by atoms with Crippen molar-refractivity contribution >= 4 is 5.97 Å². The Kier molecular flexibility index (Phi) is 6.76. The summed E-state index contributed by atoms with van der Waals surface area (Å²) >= 11 is 0. The summed E-state index contributed by atoms with van der Waals surface area (Å²) in [5.41, 5.74) is 0.336. The van der Waals surface area contributed by atoms with Crippen LogP contribution in [-0.2, 0) is 9.53 Å². The van der Waals surface area contributed by atoms with E-state index >= 15 is 0 Å². The smallest absolute Gasteiger partial charge is 0.337 e. The van der Waals surface area contributed by atoms with Crippen LogP contribution in [0, 0.1) is 0 Å². The zero-order valence-corrected chi connectivity index (χ0v) is 9.86. The van der Waals surface area contributed by atoms with E-state index < -0.39 is 5.97 Å². The summed E-state index contributed by atoms with van der Waals surface area (Å²) in [7, 11) is 0. The third kappa shape index (κ3) is 4.21. The second-order valence-corrected chi connectivity index (χ2v) is 2.75. The van der Waals surface area contributed by atoms with Gasteiger partial charge < -0.3 is 14.9 Å². The molecule has 16 heavy (non-hydrogen) atoms. The Balaban J connectivity index is 0.00000106. The van der Waals surface area contributed by atoms with Gasteiger partial charge in [-0.25, -0.2) is 4.79 Å². The number of aliphatic hydroxyl groups is 2. The summed E-state index contributed by atoms with van der Waals surface area (Å²) < 4.78 is 4.77. The first-order valence-electron chi connectivity index (χ1n) is 5.31. The number of carbonyl (C=O) groups excluding carboxylic acids is 1. The zero-order valence-electron chi connectivity index (χ0n) is 9.86. The minimum absolute atomic E-state index is 0.132. The highest BCUT2D eigenvalue weighted by molar-refractivity contribution is 5.91. The number of hydrogen-bond donors (Lipinski definition) is 2. The molecule has 0 aromatic rings. The quantitative estimate of drug-likeness (QED) is 0.710. The lowest BCUT2D eigenvalue weighted by Crippen LogP contribution is -2.05. The van der Waals surface area contributed by atoms with E-state index in [9.17, 15) is 4.79 Å². The van der Waals surface area contributed by atoms with Crippen molar-refractivity contribution in [3.05, 3.63) is 35.3 Å². The average molecular weight is 226 g/mol. The van der Waals surface area contributed by atoms with Gasteiger partial charge in [0.05, 0.1) is 12.2 Å². The maximum Gasteiger partial charge on any atom is 0.337 e. The van der Waals surface area contributed by atoms with Gasteiger partial charge in [-0.1, -0.05) is 19.9 Å². The molecule has 0 aromatic carbocycles. The molecule has 0 atom stereocenters. The molecule has 0 bridgehead atoms. The molecule has 90 valence electrons. The van der Waals surface area contributed by atoms with E-state index in [0.29, 0.717) is 12.2 Å². The van der Waals surface area contributed by atoms with E-state index in [2.05, 4.69) is 0 Å². The minimum Gasteiger partial charge on any atom is -0.508 e. The molecule has 4 nitrogen and oxygen atoms in total. The van der Waals surface area contributed by atoms with Crippen LogP contribution in [0.2, 0.25) is 0 Å². The molecule has 0 aliphatic heterocycles. The lowest BCUT2D eigenvalue weighted by Gasteiger charge is -2.00. The van der Waals surface area contributed by atoms with Crippen molar-refractivity contribution in [1.82, 2.24) is 0 Å². The molecule has 0 spiro atoms. The van der Waals surface area contributed by atoms with Crippen LogP contribution in [0.5, 0.6) is 0 Å². The van der Waals surface area contributed by atoms with Crippen LogP contribution in [0.4, 0.5) is 0 Å². The zero-order chi connectivity index (χ0) is 12.6. The lowest BCUT2D eigenvalue weighted by molar-refractivity contribution is -0.138. The number of esters is 1. The van der Waals surface area contributed by atoms with Gasteiger partial charge in [-0.05, 0) is 19.1 Å². The van der Waals surface area contributed by atoms with Gasteiger partial charge in [-0.3, -0.25) is 0 Å². The maximum atomic E-state index is 11.2. The summed E-state index contributed by atoms with van der Waals surface area (Å²) in [4.78, 5) is 11.2. The van der Waals surface area contributed by atoms with Gasteiger partial charge in [0.1, 0.15) is 5.76 Å². The predicted octanol–water partition coefficient (Wildman–Crippen LogP) is 2.79. The highest BCUT2D eigenvalue weighted by Gasteiger charge is 2.11. The van der Waals surface area contributed by atoms with Crippen molar-refractivity contribution in [3.63, 3.8) is 0 Å². The molecular formula is C12H18O4. The molecule has 0 saturated heterocycles. The summed E-state index contributed by atoms with van der Waals surface area (Å²) in [5.74, 6) is -0.827. The predicted molar refractivity (Wildman–Crippen MR) is 62.1 cm³/mol. The maximum absolute atomic E-state index is 11.2. The normalized spacial score (nSPS) is 14.6. The first kappa shape index (κ1) is 14.3. The van der Waals surface area contributed by atoms with Crippen LogP contribution in [0.3, 0.4) is 0 Å². The number of ether oxygens (including phenoxy) is 1. The fourth-order valence-electron chi connectivity index (χ4n) is 1.01. The largest absolute Gasteiger partial charge is 0.508 e. The van der Waals surface area contributed by atoms with Gasteiger partial charge in [0, 0.05) is 6.42 Å². The van der Waals surface area contributed by atoms with Gasteiger partial charge in [0.2, 0.25) is 0 Å². The molecule has 0 fully saturated rings. The first-order valence-corrected chi connectivity index (χ1v) is 5.31. The Labute approximate surface area is 95.5 Å². The molecule has 0 aromatic heterocycles. The molecule has 0 heterocycles. The van der Waals surface area contributed by atoms with Gasteiger partial charge in [-0.2, -0.15) is 0 Å².